The van der Waals surface area contributed by atoms with E-state index in [2.05, 4.69) is 6.58 Å². The molecule has 2 N–H and O–H groups in total. The van der Waals surface area contributed by atoms with Crippen LogP contribution in [0.25, 0.3) is 0 Å². The van der Waals surface area contributed by atoms with Crippen molar-refractivity contribution in [3.05, 3.63) is 71.0 Å². The first kappa shape index (κ1) is 18.1. The monoisotopic (exact) mass is 309 g/mol. The highest BCUT2D eigenvalue weighted by Gasteiger charge is 2.34. The van der Waals surface area contributed by atoms with Gasteiger partial charge in [0.05, 0.1) is 5.56 Å². The van der Waals surface area contributed by atoms with Crippen LogP contribution >= 0.6 is 0 Å². The standard InChI is InChI=1S/C18H22F3N/c1-5-8-15(13(3)14(4)22)11-12(2)16-9-6-7-10-17(16)18(19,20)21/h5-10,12H,4,11,22H2,1-3H3/b8-5-,15-13-/t12-/m0/s1. The number of nitrogens with two attached hydrogens (primary N) is 1. The van der Waals surface area contributed by atoms with E-state index in [9.17, 15) is 13.2 Å². The van der Waals surface area contributed by atoms with Crippen LogP contribution in [0.4, 0.5) is 13.2 Å². The Labute approximate surface area is 130 Å². The Balaban J connectivity index is 3.20. The Hall–Kier alpha value is -1.97. The van der Waals surface area contributed by atoms with Crippen LogP contribution in [0.3, 0.4) is 0 Å². The Morgan fingerprint density at radius 3 is 2.41 bits per heavy atom. The second-order valence-corrected chi connectivity index (χ2v) is 5.37. The summed E-state index contributed by atoms with van der Waals surface area (Å²) in [6.07, 6.45) is -0.147. The number of halogens is 3. The summed E-state index contributed by atoms with van der Waals surface area (Å²) in [6, 6.07) is 5.70. The highest BCUT2D eigenvalue weighted by molar-refractivity contribution is 5.39. The highest BCUT2D eigenvalue weighted by Crippen LogP contribution is 2.37. The van der Waals surface area contributed by atoms with Crippen LogP contribution in [0.15, 0.2) is 59.8 Å². The molecule has 0 saturated carbocycles. The summed E-state index contributed by atoms with van der Waals surface area (Å²) in [5, 5.41) is 0. The molecule has 22 heavy (non-hydrogen) atoms. The molecule has 0 saturated heterocycles. The molecule has 1 aromatic carbocycles. The SMILES string of the molecule is C=C(N)/C(C)=C(/C=C\C)C[C@H](C)c1ccccc1C(F)(F)F. The predicted octanol–water partition coefficient (Wildman–Crippen LogP) is 5.56. The Morgan fingerprint density at radius 2 is 1.91 bits per heavy atom. The summed E-state index contributed by atoms with van der Waals surface area (Å²) >= 11 is 0. The summed E-state index contributed by atoms with van der Waals surface area (Å²) in [5.74, 6) is -0.279. The lowest BCUT2D eigenvalue weighted by Crippen LogP contribution is -2.11. The van der Waals surface area contributed by atoms with Gasteiger partial charge < -0.3 is 5.73 Å². The van der Waals surface area contributed by atoms with Crippen molar-refractivity contribution in [2.45, 2.75) is 39.3 Å². The van der Waals surface area contributed by atoms with Gasteiger partial charge in [-0.3, -0.25) is 0 Å². The lowest BCUT2D eigenvalue weighted by atomic mass is 9.88. The number of benzene rings is 1. The van der Waals surface area contributed by atoms with Crippen LogP contribution in [0.1, 0.15) is 44.2 Å². The molecule has 0 amide bonds. The van der Waals surface area contributed by atoms with E-state index in [0.717, 1.165) is 17.2 Å². The van der Waals surface area contributed by atoms with Gasteiger partial charge in [0, 0.05) is 5.70 Å². The molecule has 1 nitrogen and oxygen atoms in total. The lowest BCUT2D eigenvalue weighted by Gasteiger charge is -2.20. The fraction of sp³-hybridized carbons (Fsp3) is 0.333. The fourth-order valence-corrected chi connectivity index (χ4v) is 2.38. The van der Waals surface area contributed by atoms with E-state index in [1.54, 1.807) is 13.0 Å². The van der Waals surface area contributed by atoms with Crippen LogP contribution in [-0.4, -0.2) is 0 Å². The molecule has 1 aromatic rings. The highest BCUT2D eigenvalue weighted by atomic mass is 19.4. The summed E-state index contributed by atoms with van der Waals surface area (Å²) in [4.78, 5) is 0. The third kappa shape index (κ3) is 4.52. The zero-order valence-electron chi connectivity index (χ0n) is 13.2. The van der Waals surface area contributed by atoms with E-state index in [-0.39, 0.29) is 5.92 Å². The normalized spacial score (nSPS) is 14.8. The fourth-order valence-electron chi connectivity index (χ4n) is 2.38. The van der Waals surface area contributed by atoms with Gasteiger partial charge in [0.15, 0.2) is 0 Å². The van der Waals surface area contributed by atoms with Gasteiger partial charge in [0.1, 0.15) is 0 Å². The quantitative estimate of drug-likeness (QED) is 0.708. The first-order valence-electron chi connectivity index (χ1n) is 7.11. The van der Waals surface area contributed by atoms with Crippen molar-refractivity contribution in [1.82, 2.24) is 0 Å². The maximum absolute atomic E-state index is 13.1. The largest absolute Gasteiger partial charge is 0.416 e. The van der Waals surface area contributed by atoms with Crippen molar-refractivity contribution < 1.29 is 13.2 Å². The minimum atomic E-state index is -4.35. The number of allylic oxidation sites excluding steroid dienone is 4. The molecule has 0 aliphatic carbocycles. The molecule has 0 bridgehead atoms. The second kappa shape index (κ2) is 7.34. The van der Waals surface area contributed by atoms with Gasteiger partial charge in [-0.1, -0.05) is 43.9 Å². The molecule has 1 rings (SSSR count). The molecule has 0 heterocycles. The maximum Gasteiger partial charge on any atom is 0.416 e. The van der Waals surface area contributed by atoms with Gasteiger partial charge in [0.25, 0.3) is 0 Å². The molecule has 0 spiro atoms. The van der Waals surface area contributed by atoms with Crippen LogP contribution in [0, 0.1) is 0 Å². The summed E-state index contributed by atoms with van der Waals surface area (Å²) in [5.41, 5.74) is 7.59. The van der Waals surface area contributed by atoms with Crippen molar-refractivity contribution >= 4 is 0 Å². The van der Waals surface area contributed by atoms with Crippen molar-refractivity contribution in [1.29, 1.82) is 0 Å². The minimum absolute atomic E-state index is 0.279. The lowest BCUT2D eigenvalue weighted by molar-refractivity contribution is -0.138. The van der Waals surface area contributed by atoms with Crippen molar-refractivity contribution in [3.63, 3.8) is 0 Å². The Kier molecular flexibility index (Phi) is 6.03. The third-order valence-corrected chi connectivity index (χ3v) is 3.65. The van der Waals surface area contributed by atoms with E-state index in [1.165, 1.54) is 12.1 Å². The van der Waals surface area contributed by atoms with Crippen LogP contribution < -0.4 is 5.73 Å². The predicted molar refractivity (Wildman–Crippen MR) is 85.3 cm³/mol. The number of rotatable bonds is 5. The average Bonchev–Trinajstić information content (AvgIpc) is 2.44. The number of alkyl halides is 3. The Morgan fingerprint density at radius 1 is 1.32 bits per heavy atom. The summed E-state index contributed by atoms with van der Waals surface area (Å²) in [6.45, 7) is 9.19. The van der Waals surface area contributed by atoms with Crippen LogP contribution in [0.2, 0.25) is 0 Å². The topological polar surface area (TPSA) is 26.0 Å². The molecule has 0 fully saturated rings. The van der Waals surface area contributed by atoms with Crippen molar-refractivity contribution in [2.75, 3.05) is 0 Å². The van der Waals surface area contributed by atoms with E-state index >= 15 is 0 Å². The smallest absolute Gasteiger partial charge is 0.399 e. The molecule has 4 heteroatoms. The van der Waals surface area contributed by atoms with Gasteiger partial charge in [0.2, 0.25) is 0 Å². The van der Waals surface area contributed by atoms with E-state index in [0.29, 0.717) is 17.7 Å². The third-order valence-electron chi connectivity index (χ3n) is 3.65. The van der Waals surface area contributed by atoms with Crippen LogP contribution in [-0.2, 0) is 6.18 Å². The van der Waals surface area contributed by atoms with Gasteiger partial charge in [-0.05, 0) is 49.0 Å². The van der Waals surface area contributed by atoms with E-state index in [4.69, 9.17) is 5.73 Å². The van der Waals surface area contributed by atoms with Gasteiger partial charge in [-0.2, -0.15) is 13.2 Å². The molecular weight excluding hydrogens is 287 g/mol. The van der Waals surface area contributed by atoms with Gasteiger partial charge in [-0.15, -0.1) is 0 Å². The minimum Gasteiger partial charge on any atom is -0.399 e. The van der Waals surface area contributed by atoms with E-state index < -0.39 is 11.7 Å². The molecule has 0 radical (unpaired) electrons. The number of hydrogen-bond acceptors (Lipinski definition) is 1. The molecule has 0 aliphatic rings. The van der Waals surface area contributed by atoms with E-state index in [1.807, 2.05) is 26.0 Å². The maximum atomic E-state index is 13.1. The molecule has 0 aromatic heterocycles. The summed E-state index contributed by atoms with van der Waals surface area (Å²) in [7, 11) is 0. The average molecular weight is 309 g/mol. The van der Waals surface area contributed by atoms with Crippen molar-refractivity contribution in [3.8, 4) is 0 Å². The van der Waals surface area contributed by atoms with Gasteiger partial charge in [-0.25, -0.2) is 0 Å². The number of hydrogen-bond donors (Lipinski definition) is 1. The van der Waals surface area contributed by atoms with Crippen molar-refractivity contribution in [2.24, 2.45) is 5.73 Å². The first-order valence-corrected chi connectivity index (χ1v) is 7.11. The second-order valence-electron chi connectivity index (χ2n) is 5.37. The molecule has 0 aliphatic heterocycles. The first-order chi connectivity index (χ1) is 10.2. The molecule has 1 atom stereocenters. The zero-order chi connectivity index (χ0) is 16.9. The molecule has 120 valence electrons. The molecule has 0 unspecified atom stereocenters. The Bertz CT molecular complexity index is 595. The molecular formula is C18H22F3N. The van der Waals surface area contributed by atoms with Crippen LogP contribution in [0.5, 0.6) is 0 Å². The summed E-state index contributed by atoms with van der Waals surface area (Å²) < 4.78 is 39.4. The zero-order valence-corrected chi connectivity index (χ0v) is 13.2. The van der Waals surface area contributed by atoms with Gasteiger partial charge >= 0.3 is 6.18 Å².